The zero-order chi connectivity index (χ0) is 13.4. The lowest BCUT2D eigenvalue weighted by Gasteiger charge is -2.24. The first-order chi connectivity index (χ1) is 9.16. The van der Waals surface area contributed by atoms with E-state index in [1.807, 2.05) is 24.3 Å². The highest BCUT2D eigenvalue weighted by molar-refractivity contribution is 9.10. The van der Waals surface area contributed by atoms with Gasteiger partial charge in [-0.1, -0.05) is 17.3 Å². The molecule has 0 bridgehead atoms. The Labute approximate surface area is 122 Å². The molecule has 2 heterocycles. The van der Waals surface area contributed by atoms with E-state index in [1.165, 1.54) is 4.68 Å². The Morgan fingerprint density at radius 1 is 1.53 bits per heavy atom. The fourth-order valence-electron chi connectivity index (χ4n) is 1.89. The molecule has 0 fully saturated rings. The third kappa shape index (κ3) is 2.28. The molecular weight excluding hydrogens is 330 g/mol. The van der Waals surface area contributed by atoms with Crippen LogP contribution >= 0.6 is 27.7 Å². The molecule has 1 aliphatic rings. The number of hydrogen-bond donors (Lipinski definition) is 0. The summed E-state index contributed by atoms with van der Waals surface area (Å²) < 4.78 is 7.68. The highest BCUT2D eigenvalue weighted by Gasteiger charge is 2.31. The smallest absolute Gasteiger partial charge is 0.224 e. The van der Waals surface area contributed by atoms with Crippen molar-refractivity contribution < 1.29 is 9.53 Å². The fraction of sp³-hybridized carbons (Fsp3) is 0.250. The molecule has 0 saturated carbocycles. The summed E-state index contributed by atoms with van der Waals surface area (Å²) in [5.41, 5.74) is 0.435. The van der Waals surface area contributed by atoms with Crippen molar-refractivity contribution in [3.63, 3.8) is 0 Å². The molecule has 0 amide bonds. The van der Waals surface area contributed by atoms with Gasteiger partial charge in [-0.2, -0.15) is 0 Å². The average molecular weight is 340 g/mol. The monoisotopic (exact) mass is 339 g/mol. The van der Waals surface area contributed by atoms with Crippen molar-refractivity contribution in [2.45, 2.75) is 11.0 Å². The summed E-state index contributed by atoms with van der Waals surface area (Å²) in [4.78, 5) is 13.5. The topological polar surface area (TPSA) is 57.0 Å². The molecule has 0 aliphatic carbocycles. The highest BCUT2D eigenvalue weighted by atomic mass is 79.9. The minimum Gasteiger partial charge on any atom is -0.480 e. The summed E-state index contributed by atoms with van der Waals surface area (Å²) in [6, 6.07) is 7.72. The number of hydrogen-bond acceptors (Lipinski definition) is 5. The maximum atomic E-state index is 12.4. The molecule has 7 heteroatoms. The molecule has 0 saturated heterocycles. The fourth-order valence-corrected chi connectivity index (χ4v) is 3.40. The second kappa shape index (κ2) is 4.97. The van der Waals surface area contributed by atoms with Gasteiger partial charge in [0.25, 0.3) is 0 Å². The van der Waals surface area contributed by atoms with Crippen LogP contribution in [0.1, 0.15) is 10.5 Å². The molecule has 5 nitrogen and oxygen atoms in total. The summed E-state index contributed by atoms with van der Waals surface area (Å²) >= 11 is 4.86. The number of para-hydroxylation sites is 1. The normalized spacial score (nSPS) is 17.7. The van der Waals surface area contributed by atoms with Gasteiger partial charge in [0, 0.05) is 17.7 Å². The van der Waals surface area contributed by atoms with E-state index in [4.69, 9.17) is 4.74 Å². The molecule has 1 aromatic heterocycles. The minimum atomic E-state index is -0.506. The molecule has 1 aliphatic heterocycles. The lowest BCUT2D eigenvalue weighted by Crippen LogP contribution is -2.33. The van der Waals surface area contributed by atoms with Gasteiger partial charge in [0.05, 0.1) is 0 Å². The van der Waals surface area contributed by atoms with Crippen LogP contribution in [0.25, 0.3) is 0 Å². The first-order valence-corrected chi connectivity index (χ1v) is 7.42. The van der Waals surface area contributed by atoms with E-state index in [1.54, 1.807) is 18.8 Å². The Morgan fingerprint density at radius 2 is 2.32 bits per heavy atom. The SMILES string of the molecule is Cn1nnc(Br)c1C(=O)C1CSc2ccccc2O1. The number of carbonyl (C=O) groups is 1. The predicted molar refractivity (Wildman–Crippen MR) is 74.6 cm³/mol. The van der Waals surface area contributed by atoms with Gasteiger partial charge in [0.1, 0.15) is 11.4 Å². The number of aryl methyl sites for hydroxylation is 1. The number of fused-ring (bicyclic) bond motifs is 1. The lowest BCUT2D eigenvalue weighted by atomic mass is 10.2. The quantitative estimate of drug-likeness (QED) is 0.786. The molecule has 2 aromatic rings. The van der Waals surface area contributed by atoms with Crippen LogP contribution in [0.3, 0.4) is 0 Å². The van der Waals surface area contributed by atoms with Crippen molar-refractivity contribution in [3.05, 3.63) is 34.6 Å². The molecule has 1 unspecified atom stereocenters. The number of thioether (sulfide) groups is 1. The van der Waals surface area contributed by atoms with E-state index < -0.39 is 6.10 Å². The zero-order valence-corrected chi connectivity index (χ0v) is 12.4. The zero-order valence-electron chi connectivity index (χ0n) is 10.0. The van der Waals surface area contributed by atoms with Crippen LogP contribution in [-0.4, -0.2) is 32.6 Å². The lowest BCUT2D eigenvalue weighted by molar-refractivity contribution is 0.0804. The van der Waals surface area contributed by atoms with Crippen LogP contribution in [0, 0.1) is 0 Å². The Kier molecular flexibility index (Phi) is 3.32. The minimum absolute atomic E-state index is 0.110. The Morgan fingerprint density at radius 3 is 3.05 bits per heavy atom. The molecule has 19 heavy (non-hydrogen) atoms. The van der Waals surface area contributed by atoms with Gasteiger partial charge in [0.2, 0.25) is 5.78 Å². The van der Waals surface area contributed by atoms with E-state index in [9.17, 15) is 4.79 Å². The van der Waals surface area contributed by atoms with Crippen LogP contribution in [0.5, 0.6) is 5.75 Å². The van der Waals surface area contributed by atoms with Gasteiger partial charge in [-0.05, 0) is 28.1 Å². The summed E-state index contributed by atoms with van der Waals surface area (Å²) in [5.74, 6) is 1.23. The van der Waals surface area contributed by atoms with Crippen LogP contribution in [0.15, 0.2) is 33.8 Å². The van der Waals surface area contributed by atoms with Crippen molar-refractivity contribution in [3.8, 4) is 5.75 Å². The molecule has 1 aromatic carbocycles. The summed E-state index contributed by atoms with van der Waals surface area (Å²) in [7, 11) is 1.69. The first-order valence-electron chi connectivity index (χ1n) is 5.64. The van der Waals surface area contributed by atoms with Crippen LogP contribution in [0.2, 0.25) is 0 Å². The molecule has 3 rings (SSSR count). The number of ketones is 1. The summed E-state index contributed by atoms with van der Waals surface area (Å²) in [5, 5.41) is 7.64. The standard InChI is InChI=1S/C12H10BrN3O2S/c1-16-10(12(13)14-15-16)11(17)8-6-19-9-5-3-2-4-7(9)18-8/h2-5,8H,6H2,1H3. The molecule has 0 radical (unpaired) electrons. The van der Waals surface area contributed by atoms with E-state index >= 15 is 0 Å². The van der Waals surface area contributed by atoms with Gasteiger partial charge < -0.3 is 4.74 Å². The highest BCUT2D eigenvalue weighted by Crippen LogP contribution is 2.35. The van der Waals surface area contributed by atoms with E-state index in [-0.39, 0.29) is 5.78 Å². The third-order valence-electron chi connectivity index (χ3n) is 2.82. The van der Waals surface area contributed by atoms with Gasteiger partial charge in [-0.15, -0.1) is 16.9 Å². The van der Waals surface area contributed by atoms with Crippen molar-refractivity contribution in [2.24, 2.45) is 7.05 Å². The molecule has 1 atom stereocenters. The Bertz CT molecular complexity index is 624. The van der Waals surface area contributed by atoms with Gasteiger partial charge >= 0.3 is 0 Å². The molecule has 0 N–H and O–H groups in total. The number of carbonyl (C=O) groups excluding carboxylic acids is 1. The molecule has 98 valence electrons. The first kappa shape index (κ1) is 12.7. The Hall–Kier alpha value is -1.34. The van der Waals surface area contributed by atoms with Gasteiger partial charge in [-0.25, -0.2) is 4.68 Å². The van der Waals surface area contributed by atoms with Gasteiger partial charge in [0.15, 0.2) is 10.7 Å². The number of aromatic nitrogens is 3. The van der Waals surface area contributed by atoms with E-state index in [2.05, 4.69) is 26.2 Å². The van der Waals surface area contributed by atoms with Crippen molar-refractivity contribution in [1.82, 2.24) is 15.0 Å². The largest absolute Gasteiger partial charge is 0.480 e. The number of nitrogens with zero attached hydrogens (tertiary/aromatic N) is 3. The second-order valence-electron chi connectivity index (χ2n) is 4.08. The van der Waals surface area contributed by atoms with Crippen molar-refractivity contribution >= 4 is 33.5 Å². The van der Waals surface area contributed by atoms with Gasteiger partial charge in [-0.3, -0.25) is 4.79 Å². The summed E-state index contributed by atoms with van der Waals surface area (Å²) in [6.45, 7) is 0. The second-order valence-corrected chi connectivity index (χ2v) is 5.89. The Balaban J connectivity index is 1.88. The van der Waals surface area contributed by atoms with E-state index in [0.717, 1.165) is 10.6 Å². The number of rotatable bonds is 2. The number of ether oxygens (including phenoxy) is 1. The molecular formula is C12H10BrN3O2S. The number of Topliss-reactive ketones (excluding diaryl/α,β-unsaturated/α-hetero) is 1. The van der Waals surface area contributed by atoms with Crippen molar-refractivity contribution in [2.75, 3.05) is 5.75 Å². The summed E-state index contributed by atoms with van der Waals surface area (Å²) in [6.07, 6.45) is -0.506. The van der Waals surface area contributed by atoms with Crippen LogP contribution in [0.4, 0.5) is 0 Å². The van der Waals surface area contributed by atoms with Crippen molar-refractivity contribution in [1.29, 1.82) is 0 Å². The third-order valence-corrected chi connectivity index (χ3v) is 4.47. The number of halogens is 1. The van der Waals surface area contributed by atoms with E-state index in [0.29, 0.717) is 16.0 Å². The maximum absolute atomic E-state index is 12.4. The average Bonchev–Trinajstić information content (AvgIpc) is 2.77. The number of benzene rings is 1. The predicted octanol–water partition coefficient (Wildman–Crippen LogP) is 2.31. The molecule has 0 spiro atoms. The van der Waals surface area contributed by atoms with Crippen LogP contribution in [-0.2, 0) is 7.05 Å². The maximum Gasteiger partial charge on any atom is 0.224 e. The van der Waals surface area contributed by atoms with Crippen LogP contribution < -0.4 is 4.74 Å².